The van der Waals surface area contributed by atoms with E-state index in [1.807, 2.05) is 0 Å². The standard InChI is InChI=1S/C11H11N3O5S/c1-20(15,16)9-3-8-7(17-5-18-8)2-6(9)11-13-10(4-12)19-14-11/h2-3H,4-5,12H2,1H3. The van der Waals surface area contributed by atoms with Crippen LogP contribution in [-0.4, -0.2) is 31.6 Å². The van der Waals surface area contributed by atoms with Crippen molar-refractivity contribution < 1.29 is 22.4 Å². The van der Waals surface area contributed by atoms with Gasteiger partial charge in [-0.05, 0) is 6.07 Å². The van der Waals surface area contributed by atoms with Crippen LogP contribution in [0.4, 0.5) is 0 Å². The van der Waals surface area contributed by atoms with Crippen LogP contribution in [0.1, 0.15) is 5.89 Å². The zero-order valence-corrected chi connectivity index (χ0v) is 11.3. The van der Waals surface area contributed by atoms with Crippen molar-refractivity contribution in [2.45, 2.75) is 11.4 Å². The van der Waals surface area contributed by atoms with Crippen LogP contribution in [0.25, 0.3) is 11.4 Å². The molecule has 0 amide bonds. The van der Waals surface area contributed by atoms with Gasteiger partial charge in [-0.25, -0.2) is 8.42 Å². The highest BCUT2D eigenvalue weighted by Gasteiger charge is 2.25. The largest absolute Gasteiger partial charge is 0.454 e. The summed E-state index contributed by atoms with van der Waals surface area (Å²) in [6, 6.07) is 2.91. The lowest BCUT2D eigenvalue weighted by molar-refractivity contribution is 0.174. The molecule has 1 aliphatic rings. The summed E-state index contributed by atoms with van der Waals surface area (Å²) in [5.41, 5.74) is 5.69. The Bertz CT molecular complexity index is 768. The number of ether oxygens (including phenoxy) is 2. The minimum Gasteiger partial charge on any atom is -0.454 e. The molecule has 2 heterocycles. The van der Waals surface area contributed by atoms with Gasteiger partial charge in [0, 0.05) is 17.9 Å². The average Bonchev–Trinajstić information content (AvgIpc) is 3.04. The molecule has 0 fully saturated rings. The first-order valence-corrected chi connectivity index (χ1v) is 7.55. The first-order valence-electron chi connectivity index (χ1n) is 5.66. The fraction of sp³-hybridized carbons (Fsp3) is 0.273. The summed E-state index contributed by atoms with van der Waals surface area (Å²) >= 11 is 0. The van der Waals surface area contributed by atoms with E-state index < -0.39 is 9.84 Å². The van der Waals surface area contributed by atoms with Gasteiger partial charge in [0.15, 0.2) is 21.3 Å². The maximum Gasteiger partial charge on any atom is 0.240 e. The van der Waals surface area contributed by atoms with Crippen LogP contribution in [0.5, 0.6) is 11.5 Å². The van der Waals surface area contributed by atoms with Crippen molar-refractivity contribution in [2.24, 2.45) is 5.73 Å². The maximum atomic E-state index is 11.9. The van der Waals surface area contributed by atoms with Crippen LogP contribution in [0.3, 0.4) is 0 Å². The molecule has 2 N–H and O–H groups in total. The molecule has 2 aromatic rings. The zero-order valence-electron chi connectivity index (χ0n) is 10.5. The fourth-order valence-electron chi connectivity index (χ4n) is 1.85. The molecule has 1 aromatic carbocycles. The first-order chi connectivity index (χ1) is 9.49. The van der Waals surface area contributed by atoms with E-state index in [0.717, 1.165) is 6.26 Å². The molecule has 106 valence electrons. The molecule has 20 heavy (non-hydrogen) atoms. The molecule has 9 heteroatoms. The molecule has 0 bridgehead atoms. The lowest BCUT2D eigenvalue weighted by Gasteiger charge is -2.06. The third-order valence-electron chi connectivity index (χ3n) is 2.76. The molecule has 0 saturated carbocycles. The molecule has 0 atom stereocenters. The molecule has 0 saturated heterocycles. The molecule has 0 aliphatic carbocycles. The summed E-state index contributed by atoms with van der Waals surface area (Å²) in [7, 11) is -3.49. The second-order valence-electron chi connectivity index (χ2n) is 4.19. The Labute approximate surface area is 114 Å². The van der Waals surface area contributed by atoms with E-state index >= 15 is 0 Å². The van der Waals surface area contributed by atoms with Crippen LogP contribution in [-0.2, 0) is 16.4 Å². The first kappa shape index (κ1) is 12.9. The van der Waals surface area contributed by atoms with Gasteiger partial charge in [-0.2, -0.15) is 4.98 Å². The van der Waals surface area contributed by atoms with Gasteiger partial charge in [0.2, 0.25) is 18.5 Å². The van der Waals surface area contributed by atoms with E-state index in [9.17, 15) is 8.42 Å². The second kappa shape index (κ2) is 4.46. The predicted octanol–water partition coefficient (Wildman–Crippen LogP) is 0.327. The van der Waals surface area contributed by atoms with Gasteiger partial charge in [-0.1, -0.05) is 5.16 Å². The van der Waals surface area contributed by atoms with Crippen LogP contribution in [0.15, 0.2) is 21.6 Å². The topological polar surface area (TPSA) is 118 Å². The summed E-state index contributed by atoms with van der Waals surface area (Å²) < 4.78 is 39.1. The number of sulfone groups is 1. The number of benzene rings is 1. The summed E-state index contributed by atoms with van der Waals surface area (Å²) in [5, 5.41) is 3.73. The highest BCUT2D eigenvalue weighted by atomic mass is 32.2. The van der Waals surface area contributed by atoms with E-state index in [1.54, 1.807) is 0 Å². The van der Waals surface area contributed by atoms with Gasteiger partial charge in [-0.3, -0.25) is 0 Å². The third kappa shape index (κ3) is 2.10. The van der Waals surface area contributed by atoms with Gasteiger partial charge >= 0.3 is 0 Å². The normalized spacial score (nSPS) is 13.7. The Balaban J connectivity index is 2.23. The zero-order chi connectivity index (χ0) is 14.3. The van der Waals surface area contributed by atoms with Crippen molar-refractivity contribution >= 4 is 9.84 Å². The van der Waals surface area contributed by atoms with E-state index in [4.69, 9.17) is 19.7 Å². The molecule has 8 nitrogen and oxygen atoms in total. The van der Waals surface area contributed by atoms with Crippen molar-refractivity contribution in [3.63, 3.8) is 0 Å². The van der Waals surface area contributed by atoms with Gasteiger partial charge in [0.25, 0.3) is 0 Å². The SMILES string of the molecule is CS(=O)(=O)c1cc2c(cc1-c1noc(CN)n1)OCO2. The van der Waals surface area contributed by atoms with Crippen LogP contribution < -0.4 is 15.2 Å². The number of nitrogens with two attached hydrogens (primary N) is 1. The molecule has 0 radical (unpaired) electrons. The van der Waals surface area contributed by atoms with Crippen LogP contribution >= 0.6 is 0 Å². The lowest BCUT2D eigenvalue weighted by Crippen LogP contribution is -2.01. The smallest absolute Gasteiger partial charge is 0.240 e. The number of fused-ring (bicyclic) bond motifs is 1. The van der Waals surface area contributed by atoms with Crippen molar-refractivity contribution in [1.29, 1.82) is 0 Å². The molecule has 1 aromatic heterocycles. The van der Waals surface area contributed by atoms with Crippen molar-refractivity contribution in [1.82, 2.24) is 10.1 Å². The Morgan fingerprint density at radius 1 is 1.30 bits per heavy atom. The minimum absolute atomic E-state index is 0.0439. The fourth-order valence-corrected chi connectivity index (χ4v) is 2.72. The Hall–Kier alpha value is -2.13. The predicted molar refractivity (Wildman–Crippen MR) is 66.9 cm³/mol. The highest BCUT2D eigenvalue weighted by Crippen LogP contribution is 2.39. The number of rotatable bonds is 3. The monoisotopic (exact) mass is 297 g/mol. The third-order valence-corrected chi connectivity index (χ3v) is 3.89. The van der Waals surface area contributed by atoms with Crippen molar-refractivity contribution in [3.05, 3.63) is 18.0 Å². The molecule has 0 spiro atoms. The van der Waals surface area contributed by atoms with Crippen molar-refractivity contribution in [3.8, 4) is 22.9 Å². The van der Waals surface area contributed by atoms with Gasteiger partial charge in [0.1, 0.15) is 0 Å². The Kier molecular flexibility index (Phi) is 2.87. The average molecular weight is 297 g/mol. The van der Waals surface area contributed by atoms with E-state index in [2.05, 4.69) is 10.1 Å². The van der Waals surface area contributed by atoms with Crippen LogP contribution in [0.2, 0.25) is 0 Å². The van der Waals surface area contributed by atoms with E-state index in [1.165, 1.54) is 12.1 Å². The maximum absolute atomic E-state index is 11.9. The molecule has 0 unspecified atom stereocenters. The van der Waals surface area contributed by atoms with E-state index in [0.29, 0.717) is 17.1 Å². The molecular formula is C11H11N3O5S. The molecule has 1 aliphatic heterocycles. The Morgan fingerprint density at radius 2 is 2.00 bits per heavy atom. The lowest BCUT2D eigenvalue weighted by atomic mass is 10.2. The summed E-state index contributed by atoms with van der Waals surface area (Å²) in [6.45, 7) is 0.119. The summed E-state index contributed by atoms with van der Waals surface area (Å²) in [4.78, 5) is 4.08. The quantitative estimate of drug-likeness (QED) is 0.861. The van der Waals surface area contributed by atoms with Crippen molar-refractivity contribution in [2.75, 3.05) is 13.0 Å². The van der Waals surface area contributed by atoms with E-state index in [-0.39, 0.29) is 29.9 Å². The highest BCUT2D eigenvalue weighted by molar-refractivity contribution is 7.90. The second-order valence-corrected chi connectivity index (χ2v) is 6.17. The number of hydrogen-bond donors (Lipinski definition) is 1. The van der Waals surface area contributed by atoms with Gasteiger partial charge in [-0.15, -0.1) is 0 Å². The number of nitrogens with zero attached hydrogens (tertiary/aromatic N) is 2. The molecule has 3 rings (SSSR count). The minimum atomic E-state index is -3.49. The van der Waals surface area contributed by atoms with Gasteiger partial charge in [0.05, 0.1) is 11.4 Å². The Morgan fingerprint density at radius 3 is 2.60 bits per heavy atom. The van der Waals surface area contributed by atoms with Gasteiger partial charge < -0.3 is 19.7 Å². The summed E-state index contributed by atoms with van der Waals surface area (Å²) in [5.74, 6) is 1.17. The summed E-state index contributed by atoms with van der Waals surface area (Å²) in [6.07, 6.45) is 1.10. The number of hydrogen-bond acceptors (Lipinski definition) is 8. The molecular weight excluding hydrogens is 286 g/mol. The number of aromatic nitrogens is 2. The van der Waals surface area contributed by atoms with Crippen LogP contribution in [0, 0.1) is 0 Å².